The van der Waals surface area contributed by atoms with Crippen LogP contribution in [-0.4, -0.2) is 9.78 Å². The molecule has 0 atom stereocenters. The van der Waals surface area contributed by atoms with Crippen molar-refractivity contribution in [2.45, 2.75) is 20.8 Å². The van der Waals surface area contributed by atoms with Gasteiger partial charge in [0.05, 0.1) is 5.69 Å². The van der Waals surface area contributed by atoms with Gasteiger partial charge in [-0.05, 0) is 55.7 Å². The van der Waals surface area contributed by atoms with Crippen LogP contribution in [0.1, 0.15) is 16.7 Å². The van der Waals surface area contributed by atoms with E-state index in [0.29, 0.717) is 0 Å². The predicted molar refractivity (Wildman–Crippen MR) is 87.5 cm³/mol. The lowest BCUT2D eigenvalue weighted by Crippen LogP contribution is -1.99. The summed E-state index contributed by atoms with van der Waals surface area (Å²) < 4.78 is 1.88. The molecule has 21 heavy (non-hydrogen) atoms. The van der Waals surface area contributed by atoms with Crippen molar-refractivity contribution < 1.29 is 0 Å². The van der Waals surface area contributed by atoms with Crippen LogP contribution >= 0.6 is 0 Å². The maximum Gasteiger partial charge on any atom is 0.152 e. The van der Waals surface area contributed by atoms with E-state index in [0.717, 1.165) is 17.2 Å². The average Bonchev–Trinajstić information content (AvgIpc) is 2.94. The Morgan fingerprint density at radius 1 is 0.952 bits per heavy atom. The summed E-state index contributed by atoms with van der Waals surface area (Å²) in [4.78, 5) is 0. The summed E-state index contributed by atoms with van der Waals surface area (Å²) in [6.45, 7) is 6.38. The van der Waals surface area contributed by atoms with Crippen LogP contribution in [0.3, 0.4) is 0 Å². The Bertz CT molecular complexity index is 757. The van der Waals surface area contributed by atoms with Crippen molar-refractivity contribution in [3.63, 3.8) is 0 Å². The number of nitrogens with one attached hydrogen (secondary N) is 1. The first kappa shape index (κ1) is 13.4. The molecule has 0 aliphatic heterocycles. The van der Waals surface area contributed by atoms with E-state index in [9.17, 15) is 0 Å². The third kappa shape index (κ3) is 2.82. The number of aryl methyl sites for hydroxylation is 2. The van der Waals surface area contributed by atoms with Gasteiger partial charge in [-0.3, -0.25) is 0 Å². The molecule has 0 unspecified atom stereocenters. The van der Waals surface area contributed by atoms with E-state index in [1.54, 1.807) is 0 Å². The van der Waals surface area contributed by atoms with Gasteiger partial charge in [0, 0.05) is 18.0 Å². The van der Waals surface area contributed by atoms with Crippen LogP contribution in [0.5, 0.6) is 0 Å². The third-order valence-electron chi connectivity index (χ3n) is 3.68. The van der Waals surface area contributed by atoms with Gasteiger partial charge in [-0.15, -0.1) is 0 Å². The van der Waals surface area contributed by atoms with Gasteiger partial charge in [-0.25, -0.2) is 4.68 Å². The first-order valence-corrected chi connectivity index (χ1v) is 7.09. The van der Waals surface area contributed by atoms with E-state index in [1.165, 1.54) is 16.7 Å². The lowest BCUT2D eigenvalue weighted by Gasteiger charge is -2.11. The Kier molecular flexibility index (Phi) is 3.48. The fourth-order valence-electron chi connectivity index (χ4n) is 2.42. The van der Waals surface area contributed by atoms with Gasteiger partial charge in [-0.2, -0.15) is 5.10 Å². The van der Waals surface area contributed by atoms with Crippen LogP contribution in [0, 0.1) is 20.8 Å². The van der Waals surface area contributed by atoms with Crippen molar-refractivity contribution in [2.24, 2.45) is 0 Å². The van der Waals surface area contributed by atoms with Crippen molar-refractivity contribution in [1.29, 1.82) is 0 Å². The smallest absolute Gasteiger partial charge is 0.152 e. The first-order valence-electron chi connectivity index (χ1n) is 7.09. The average molecular weight is 277 g/mol. The van der Waals surface area contributed by atoms with E-state index >= 15 is 0 Å². The number of benzene rings is 2. The molecule has 106 valence electrons. The van der Waals surface area contributed by atoms with Crippen LogP contribution < -0.4 is 5.32 Å². The molecule has 2 aromatic carbocycles. The van der Waals surface area contributed by atoms with Crippen LogP contribution in [0.25, 0.3) is 5.69 Å². The molecule has 3 aromatic rings. The summed E-state index contributed by atoms with van der Waals surface area (Å²) in [6.07, 6.45) is 1.97. The van der Waals surface area contributed by atoms with Crippen LogP contribution in [0.2, 0.25) is 0 Å². The molecule has 1 aromatic heterocycles. The fourth-order valence-corrected chi connectivity index (χ4v) is 2.42. The molecule has 1 N–H and O–H groups in total. The van der Waals surface area contributed by atoms with E-state index in [1.807, 2.05) is 47.3 Å². The number of para-hydroxylation sites is 1. The number of anilines is 2. The quantitative estimate of drug-likeness (QED) is 0.761. The monoisotopic (exact) mass is 277 g/mol. The standard InChI is InChI=1S/C18H19N3/c1-13-11-14(2)15(3)17(12-13)19-18-9-10-21(20-18)16-7-5-4-6-8-16/h4-12H,1-3H3,(H,19,20). The maximum absolute atomic E-state index is 4.58. The second kappa shape index (κ2) is 5.44. The number of hydrogen-bond donors (Lipinski definition) is 1. The molecule has 1 heterocycles. The van der Waals surface area contributed by atoms with Crippen molar-refractivity contribution in [3.8, 4) is 5.69 Å². The topological polar surface area (TPSA) is 29.9 Å². The summed E-state index contributed by atoms with van der Waals surface area (Å²) in [7, 11) is 0. The van der Waals surface area contributed by atoms with Crippen molar-refractivity contribution in [3.05, 3.63) is 71.4 Å². The molecular formula is C18H19N3. The molecule has 3 rings (SSSR count). The molecule has 0 spiro atoms. The van der Waals surface area contributed by atoms with Gasteiger partial charge in [0.1, 0.15) is 0 Å². The summed E-state index contributed by atoms with van der Waals surface area (Å²) in [5.41, 5.74) is 5.98. The Balaban J connectivity index is 1.89. The normalized spacial score (nSPS) is 10.6. The van der Waals surface area contributed by atoms with Gasteiger partial charge in [0.2, 0.25) is 0 Å². The van der Waals surface area contributed by atoms with Crippen molar-refractivity contribution in [1.82, 2.24) is 9.78 Å². The maximum atomic E-state index is 4.58. The molecule has 0 amide bonds. The molecule has 3 nitrogen and oxygen atoms in total. The Morgan fingerprint density at radius 2 is 1.71 bits per heavy atom. The minimum absolute atomic E-state index is 0.854. The summed E-state index contributed by atoms with van der Waals surface area (Å²) >= 11 is 0. The van der Waals surface area contributed by atoms with Crippen LogP contribution in [0.4, 0.5) is 11.5 Å². The minimum atomic E-state index is 0.854. The van der Waals surface area contributed by atoms with Gasteiger partial charge in [-0.1, -0.05) is 24.3 Å². The third-order valence-corrected chi connectivity index (χ3v) is 3.68. The lowest BCUT2D eigenvalue weighted by atomic mass is 10.0. The molecule has 0 bridgehead atoms. The molecule has 0 fully saturated rings. The van der Waals surface area contributed by atoms with E-state index in [-0.39, 0.29) is 0 Å². The summed E-state index contributed by atoms with van der Waals surface area (Å²) in [5, 5.41) is 7.99. The molecule has 0 radical (unpaired) electrons. The largest absolute Gasteiger partial charge is 0.339 e. The Labute approximate surface area is 125 Å². The van der Waals surface area contributed by atoms with E-state index < -0.39 is 0 Å². The van der Waals surface area contributed by atoms with Crippen LogP contribution in [0.15, 0.2) is 54.7 Å². The fraction of sp³-hybridized carbons (Fsp3) is 0.167. The Morgan fingerprint density at radius 3 is 2.48 bits per heavy atom. The molecule has 0 aliphatic rings. The summed E-state index contributed by atoms with van der Waals surface area (Å²) in [6, 6.07) is 16.5. The van der Waals surface area contributed by atoms with Crippen LogP contribution in [-0.2, 0) is 0 Å². The highest BCUT2D eigenvalue weighted by Crippen LogP contribution is 2.24. The first-order chi connectivity index (χ1) is 10.1. The molecule has 3 heteroatoms. The van der Waals surface area contributed by atoms with Crippen molar-refractivity contribution >= 4 is 11.5 Å². The van der Waals surface area contributed by atoms with Crippen molar-refractivity contribution in [2.75, 3.05) is 5.32 Å². The Hall–Kier alpha value is -2.55. The van der Waals surface area contributed by atoms with E-state index in [2.05, 4.69) is 43.3 Å². The minimum Gasteiger partial charge on any atom is -0.339 e. The van der Waals surface area contributed by atoms with Gasteiger partial charge in [0.15, 0.2) is 5.82 Å². The number of hydrogen-bond acceptors (Lipinski definition) is 2. The number of rotatable bonds is 3. The molecule has 0 aliphatic carbocycles. The predicted octanol–water partition coefficient (Wildman–Crippen LogP) is 4.54. The second-order valence-corrected chi connectivity index (χ2v) is 5.36. The second-order valence-electron chi connectivity index (χ2n) is 5.36. The highest BCUT2D eigenvalue weighted by molar-refractivity contribution is 5.63. The highest BCUT2D eigenvalue weighted by atomic mass is 15.3. The number of aromatic nitrogens is 2. The van der Waals surface area contributed by atoms with Gasteiger partial charge in [0.25, 0.3) is 0 Å². The molecule has 0 saturated carbocycles. The zero-order valence-electron chi connectivity index (χ0n) is 12.6. The molecular weight excluding hydrogens is 258 g/mol. The SMILES string of the molecule is Cc1cc(C)c(C)c(Nc2ccn(-c3ccccc3)n2)c1. The zero-order valence-corrected chi connectivity index (χ0v) is 12.6. The number of nitrogens with zero attached hydrogens (tertiary/aromatic N) is 2. The summed E-state index contributed by atoms with van der Waals surface area (Å²) in [5.74, 6) is 0.854. The lowest BCUT2D eigenvalue weighted by molar-refractivity contribution is 0.884. The van der Waals surface area contributed by atoms with Gasteiger partial charge < -0.3 is 5.32 Å². The molecule has 0 saturated heterocycles. The highest BCUT2D eigenvalue weighted by Gasteiger charge is 2.06. The van der Waals surface area contributed by atoms with E-state index in [4.69, 9.17) is 0 Å². The zero-order chi connectivity index (χ0) is 14.8. The van der Waals surface area contributed by atoms with Gasteiger partial charge >= 0.3 is 0 Å².